The van der Waals surface area contributed by atoms with E-state index in [1.807, 2.05) is 0 Å². The molecule has 3 atom stereocenters. The lowest BCUT2D eigenvalue weighted by molar-refractivity contribution is 0.0262. The number of benzene rings is 3. The second kappa shape index (κ2) is 11.1. The Morgan fingerprint density at radius 3 is 1.62 bits per heavy atom. The van der Waals surface area contributed by atoms with Gasteiger partial charge in [-0.1, -0.05) is 104 Å². The van der Waals surface area contributed by atoms with E-state index < -0.39 is 21.5 Å². The van der Waals surface area contributed by atoms with Gasteiger partial charge in [-0.05, 0) is 70.3 Å². The molecule has 0 bridgehead atoms. The fourth-order valence-corrected chi connectivity index (χ4v) is 11.6. The van der Waals surface area contributed by atoms with Gasteiger partial charge >= 0.3 is 0 Å². The zero-order chi connectivity index (χ0) is 27.8. The van der Waals surface area contributed by atoms with E-state index in [2.05, 4.69) is 146 Å². The van der Waals surface area contributed by atoms with E-state index >= 15 is 4.57 Å². The molecular weight excluding hydrogens is 517 g/mol. The maximum atomic E-state index is 15.6. The summed E-state index contributed by atoms with van der Waals surface area (Å²) in [6, 6.07) is 32.0. The van der Waals surface area contributed by atoms with Gasteiger partial charge in [0, 0.05) is 12.1 Å². The van der Waals surface area contributed by atoms with Crippen LogP contribution in [0.2, 0.25) is 19.6 Å². The number of hydrogen-bond acceptors (Lipinski definition) is 2. The van der Waals surface area contributed by atoms with Crippen molar-refractivity contribution >= 4 is 15.9 Å². The number of fused-ring (bicyclic) bond motifs is 1. The second-order valence-electron chi connectivity index (χ2n) is 12.1. The summed E-state index contributed by atoms with van der Waals surface area (Å²) in [5, 5.41) is 0. The highest BCUT2D eigenvalue weighted by molar-refractivity contribution is 7.56. The van der Waals surface area contributed by atoms with Crippen LogP contribution in [0, 0.1) is 0 Å². The molecule has 1 aliphatic heterocycles. The highest BCUT2D eigenvalue weighted by Gasteiger charge is 2.59. The zero-order valence-electron chi connectivity index (χ0n) is 24.3. The van der Waals surface area contributed by atoms with Crippen molar-refractivity contribution in [2.75, 3.05) is 21.1 Å². The minimum absolute atomic E-state index is 0.300. The smallest absolute Gasteiger partial charge is 0.287 e. The monoisotopic (exact) mass is 561 g/mol. The summed E-state index contributed by atoms with van der Waals surface area (Å²) in [6.07, 6.45) is 4.57. The van der Waals surface area contributed by atoms with E-state index in [1.165, 1.54) is 12.8 Å². The van der Waals surface area contributed by atoms with Crippen molar-refractivity contribution in [1.82, 2.24) is 14.0 Å². The summed E-state index contributed by atoms with van der Waals surface area (Å²) in [5.74, 6) is 0. The quantitative estimate of drug-likeness (QED) is 0.208. The molecule has 39 heavy (non-hydrogen) atoms. The van der Waals surface area contributed by atoms with Crippen molar-refractivity contribution < 1.29 is 8.99 Å². The molecule has 2 fully saturated rings. The first-order valence-electron chi connectivity index (χ1n) is 14.3. The van der Waals surface area contributed by atoms with Gasteiger partial charge in [-0.3, -0.25) is 4.57 Å². The minimum atomic E-state index is -3.14. The molecule has 0 spiro atoms. The summed E-state index contributed by atoms with van der Waals surface area (Å²) in [5.41, 5.74) is 2.37. The molecule has 0 radical (unpaired) electrons. The third-order valence-corrected chi connectivity index (χ3v) is 12.9. The van der Waals surface area contributed by atoms with Gasteiger partial charge in [0.15, 0.2) is 8.32 Å². The molecule has 2 aliphatic rings. The van der Waals surface area contributed by atoms with E-state index in [0.29, 0.717) is 12.1 Å². The van der Waals surface area contributed by atoms with Gasteiger partial charge in [-0.2, -0.15) is 0 Å². The fraction of sp³-hybridized carbons (Fsp3) is 0.438. The molecule has 1 aliphatic carbocycles. The van der Waals surface area contributed by atoms with Crippen LogP contribution in [0.15, 0.2) is 91.0 Å². The van der Waals surface area contributed by atoms with Gasteiger partial charge in [-0.25, -0.2) is 14.0 Å². The molecule has 3 aromatic rings. The van der Waals surface area contributed by atoms with Crippen molar-refractivity contribution in [3.05, 3.63) is 108 Å². The van der Waals surface area contributed by atoms with Crippen molar-refractivity contribution in [3.8, 4) is 0 Å². The first kappa shape index (κ1) is 28.5. The number of likely N-dealkylation sites (N-methyl/N-ethyl adjacent to an activating group) is 3. The van der Waals surface area contributed by atoms with E-state index in [4.69, 9.17) is 4.43 Å². The molecule has 1 saturated heterocycles. The molecule has 208 valence electrons. The molecule has 5 rings (SSSR count). The van der Waals surface area contributed by atoms with Crippen LogP contribution in [-0.2, 0) is 14.6 Å². The van der Waals surface area contributed by atoms with Crippen molar-refractivity contribution in [3.63, 3.8) is 0 Å². The number of nitrogens with zero attached hydrogens (tertiary/aromatic N) is 3. The molecule has 0 aromatic heterocycles. The highest BCUT2D eigenvalue weighted by Crippen LogP contribution is 2.68. The first-order chi connectivity index (χ1) is 18.6. The summed E-state index contributed by atoms with van der Waals surface area (Å²) in [4.78, 5) is 0. The molecule has 7 heteroatoms. The Morgan fingerprint density at radius 1 is 0.795 bits per heavy atom. The Bertz CT molecular complexity index is 1220. The highest BCUT2D eigenvalue weighted by atomic mass is 31.2. The van der Waals surface area contributed by atoms with Crippen LogP contribution in [-0.4, -0.2) is 55.6 Å². The topological polar surface area (TPSA) is 36.0 Å². The predicted octanol–water partition coefficient (Wildman–Crippen LogP) is 7.75. The summed E-state index contributed by atoms with van der Waals surface area (Å²) in [7, 11) is 0.920. The van der Waals surface area contributed by atoms with Gasteiger partial charge < -0.3 is 4.43 Å². The maximum absolute atomic E-state index is 15.6. The molecule has 1 unspecified atom stereocenters. The second-order valence-corrected chi connectivity index (χ2v) is 19.5. The predicted molar refractivity (Wildman–Crippen MR) is 164 cm³/mol. The van der Waals surface area contributed by atoms with Gasteiger partial charge in [0.25, 0.3) is 7.59 Å². The van der Waals surface area contributed by atoms with Gasteiger partial charge in [0.05, 0.1) is 6.04 Å². The average Bonchev–Trinajstić information content (AvgIpc) is 3.15. The lowest BCUT2D eigenvalue weighted by Gasteiger charge is -2.51. The molecule has 0 N–H and O–H groups in total. The van der Waals surface area contributed by atoms with Crippen LogP contribution in [0.25, 0.3) is 0 Å². The lowest BCUT2D eigenvalue weighted by Crippen LogP contribution is -2.51. The Kier molecular flexibility index (Phi) is 8.09. The number of rotatable bonds is 8. The third-order valence-electron chi connectivity index (χ3n) is 8.63. The molecule has 3 aromatic carbocycles. The molecule has 1 saturated carbocycles. The Morgan fingerprint density at radius 2 is 1.21 bits per heavy atom. The van der Waals surface area contributed by atoms with E-state index in [-0.39, 0.29) is 6.04 Å². The average molecular weight is 562 g/mol. The van der Waals surface area contributed by atoms with Crippen LogP contribution >= 0.6 is 7.59 Å². The van der Waals surface area contributed by atoms with E-state index in [9.17, 15) is 0 Å². The molecule has 5 nitrogen and oxygen atoms in total. The number of hydrogen-bond donors (Lipinski definition) is 0. The molecular formula is C32H44N3O2PSi. The fourth-order valence-electron chi connectivity index (χ4n) is 7.03. The van der Waals surface area contributed by atoms with E-state index in [0.717, 1.165) is 29.5 Å². The van der Waals surface area contributed by atoms with Crippen molar-refractivity contribution in [1.29, 1.82) is 0 Å². The molecule has 1 heterocycles. The first-order valence-corrected chi connectivity index (χ1v) is 19.2. The summed E-state index contributed by atoms with van der Waals surface area (Å²) < 4.78 is 29.6. The Hall–Kier alpha value is -2.05. The van der Waals surface area contributed by atoms with Gasteiger partial charge in [0.1, 0.15) is 5.60 Å². The van der Waals surface area contributed by atoms with Crippen molar-refractivity contribution in [2.24, 2.45) is 0 Å². The molecule has 0 amide bonds. The SMILES string of the molecule is CN(C(c1ccccc1)C(O[Si](C)(C)C)(c1ccccc1)c1ccccc1)P1(=O)N(C)[C@@H]2CCCC[C@H]2N1C. The normalized spacial score (nSPS) is 23.1. The van der Waals surface area contributed by atoms with Gasteiger partial charge in [0.2, 0.25) is 0 Å². The maximum Gasteiger partial charge on any atom is 0.287 e. The van der Waals surface area contributed by atoms with Crippen LogP contribution in [0.3, 0.4) is 0 Å². The van der Waals surface area contributed by atoms with Gasteiger partial charge in [-0.15, -0.1) is 0 Å². The van der Waals surface area contributed by atoms with Crippen LogP contribution < -0.4 is 0 Å². The standard InChI is InChI=1S/C32H44N3O2PSi/c1-33-29-24-16-17-25-30(29)34(2)38(33,36)35(3)31(26-18-10-7-11-19-26)32(37-39(4,5)6,27-20-12-8-13-21-27)28-22-14-9-15-23-28/h7-15,18-23,29-31H,16-17,24-25H2,1-6H3/t29-,30-,31?/m1/s1. The van der Waals surface area contributed by atoms with Crippen LogP contribution in [0.4, 0.5) is 0 Å². The summed E-state index contributed by atoms with van der Waals surface area (Å²) >= 11 is 0. The lowest BCUT2D eigenvalue weighted by atomic mass is 9.77. The Balaban J connectivity index is 1.80. The van der Waals surface area contributed by atoms with E-state index in [1.54, 1.807) is 0 Å². The van der Waals surface area contributed by atoms with Crippen LogP contribution in [0.1, 0.15) is 48.4 Å². The largest absolute Gasteiger partial charge is 0.402 e. The Labute approximate surface area is 236 Å². The third kappa shape index (κ3) is 5.01. The van der Waals surface area contributed by atoms with Crippen LogP contribution in [0.5, 0.6) is 0 Å². The summed E-state index contributed by atoms with van der Waals surface area (Å²) in [6.45, 7) is 6.75. The van der Waals surface area contributed by atoms with Crippen molar-refractivity contribution in [2.45, 2.75) is 69.1 Å². The zero-order valence-corrected chi connectivity index (χ0v) is 26.2. The minimum Gasteiger partial charge on any atom is -0.402 e.